The van der Waals surface area contributed by atoms with E-state index < -0.39 is 18.0 Å². The van der Waals surface area contributed by atoms with Crippen LogP contribution in [0.15, 0.2) is 36.4 Å². The summed E-state index contributed by atoms with van der Waals surface area (Å²) in [5, 5.41) is 2.71. The van der Waals surface area contributed by atoms with E-state index in [1.54, 1.807) is 31.2 Å². The minimum Gasteiger partial charge on any atom is -0.493 e. The average molecular weight is 369 g/mol. The Kier molecular flexibility index (Phi) is 5.64. The second-order valence-electron chi connectivity index (χ2n) is 6.44. The van der Waals surface area contributed by atoms with Crippen LogP contribution in [0.1, 0.15) is 34.8 Å². The van der Waals surface area contributed by atoms with Gasteiger partial charge in [-0.05, 0) is 61.6 Å². The van der Waals surface area contributed by atoms with Crippen molar-refractivity contribution in [3.8, 4) is 11.5 Å². The van der Waals surface area contributed by atoms with Gasteiger partial charge in [-0.2, -0.15) is 0 Å². The molecule has 0 aliphatic heterocycles. The molecule has 142 valence electrons. The van der Waals surface area contributed by atoms with Crippen LogP contribution in [0.5, 0.6) is 11.5 Å². The van der Waals surface area contributed by atoms with E-state index >= 15 is 0 Å². The van der Waals surface area contributed by atoms with Crippen LogP contribution in [0.2, 0.25) is 0 Å². The molecule has 1 atom stereocenters. The molecule has 0 saturated carbocycles. The summed E-state index contributed by atoms with van der Waals surface area (Å²) in [7, 11) is 3.06. The van der Waals surface area contributed by atoms with Gasteiger partial charge in [0, 0.05) is 11.8 Å². The van der Waals surface area contributed by atoms with Gasteiger partial charge in [0.05, 0.1) is 19.8 Å². The first-order valence-corrected chi connectivity index (χ1v) is 8.87. The standard InChI is InChI=1S/C21H23NO5/c1-13(20(23)22-17-9-10-18(25-2)19(12-17)26-3)27-21(24)16-8-7-14-5-4-6-15(14)11-16/h7-13H,4-6H2,1-3H3,(H,22,23). The smallest absolute Gasteiger partial charge is 0.338 e. The molecule has 27 heavy (non-hydrogen) atoms. The van der Waals surface area contributed by atoms with Crippen molar-refractivity contribution < 1.29 is 23.8 Å². The van der Waals surface area contributed by atoms with Gasteiger partial charge < -0.3 is 19.5 Å². The number of nitrogens with one attached hydrogen (secondary N) is 1. The monoisotopic (exact) mass is 369 g/mol. The third kappa shape index (κ3) is 4.22. The van der Waals surface area contributed by atoms with Crippen LogP contribution >= 0.6 is 0 Å². The lowest BCUT2D eigenvalue weighted by Crippen LogP contribution is -2.30. The molecule has 0 heterocycles. The second kappa shape index (κ2) is 8.12. The molecule has 0 saturated heterocycles. The molecular formula is C21H23NO5. The summed E-state index contributed by atoms with van der Waals surface area (Å²) >= 11 is 0. The van der Waals surface area contributed by atoms with E-state index in [2.05, 4.69) is 5.32 Å². The Labute approximate surface area is 158 Å². The maximum atomic E-state index is 12.4. The number of carbonyl (C=O) groups is 2. The molecule has 1 N–H and O–H groups in total. The number of esters is 1. The molecule has 0 spiro atoms. The molecular weight excluding hydrogens is 346 g/mol. The lowest BCUT2D eigenvalue weighted by Gasteiger charge is -2.15. The highest BCUT2D eigenvalue weighted by Gasteiger charge is 2.21. The molecule has 2 aromatic rings. The van der Waals surface area contributed by atoms with E-state index in [1.807, 2.05) is 12.1 Å². The largest absolute Gasteiger partial charge is 0.493 e. The van der Waals surface area contributed by atoms with Crippen LogP contribution < -0.4 is 14.8 Å². The molecule has 1 amide bonds. The van der Waals surface area contributed by atoms with Gasteiger partial charge in [-0.15, -0.1) is 0 Å². The SMILES string of the molecule is COc1ccc(NC(=O)C(C)OC(=O)c2ccc3c(c2)CCC3)cc1OC. The summed E-state index contributed by atoms with van der Waals surface area (Å²) in [5.74, 6) is 0.140. The van der Waals surface area contributed by atoms with Crippen molar-refractivity contribution in [3.63, 3.8) is 0 Å². The first kappa shape index (κ1) is 18.8. The minimum absolute atomic E-state index is 0.420. The Bertz CT molecular complexity index is 862. The number of methoxy groups -OCH3 is 2. The predicted molar refractivity (Wildman–Crippen MR) is 102 cm³/mol. The minimum atomic E-state index is -0.932. The third-order valence-electron chi connectivity index (χ3n) is 4.64. The van der Waals surface area contributed by atoms with Gasteiger partial charge >= 0.3 is 5.97 Å². The molecule has 1 aliphatic rings. The fourth-order valence-corrected chi connectivity index (χ4v) is 3.14. The average Bonchev–Trinajstić information content (AvgIpc) is 3.15. The summed E-state index contributed by atoms with van der Waals surface area (Å²) < 4.78 is 15.7. The van der Waals surface area contributed by atoms with Crippen molar-refractivity contribution >= 4 is 17.6 Å². The molecule has 2 aromatic carbocycles. The Morgan fingerprint density at radius 2 is 1.70 bits per heavy atom. The van der Waals surface area contributed by atoms with E-state index in [0.717, 1.165) is 19.3 Å². The number of amides is 1. The van der Waals surface area contributed by atoms with Crippen LogP contribution in [0, 0.1) is 0 Å². The number of rotatable bonds is 6. The molecule has 0 aromatic heterocycles. The summed E-state index contributed by atoms with van der Waals surface area (Å²) in [6.45, 7) is 1.54. The van der Waals surface area contributed by atoms with Crippen LogP contribution in [-0.4, -0.2) is 32.2 Å². The lowest BCUT2D eigenvalue weighted by molar-refractivity contribution is -0.123. The summed E-state index contributed by atoms with van der Waals surface area (Å²) in [5.41, 5.74) is 3.47. The van der Waals surface area contributed by atoms with E-state index in [-0.39, 0.29) is 0 Å². The Hall–Kier alpha value is -3.02. The molecule has 1 unspecified atom stereocenters. The van der Waals surface area contributed by atoms with E-state index in [0.29, 0.717) is 22.7 Å². The van der Waals surface area contributed by atoms with E-state index in [9.17, 15) is 9.59 Å². The highest BCUT2D eigenvalue weighted by atomic mass is 16.5. The number of hydrogen-bond acceptors (Lipinski definition) is 5. The number of ether oxygens (including phenoxy) is 3. The topological polar surface area (TPSA) is 73.9 Å². The number of carbonyl (C=O) groups excluding carboxylic acids is 2. The highest BCUT2D eigenvalue weighted by Crippen LogP contribution is 2.30. The molecule has 1 aliphatic carbocycles. The fraction of sp³-hybridized carbons (Fsp3) is 0.333. The number of aryl methyl sites for hydroxylation is 2. The van der Waals surface area contributed by atoms with Crippen LogP contribution in [0.25, 0.3) is 0 Å². The molecule has 6 heteroatoms. The third-order valence-corrected chi connectivity index (χ3v) is 4.64. The number of anilines is 1. The van der Waals surface area contributed by atoms with Crippen molar-refractivity contribution in [2.45, 2.75) is 32.3 Å². The van der Waals surface area contributed by atoms with Gasteiger partial charge in [0.2, 0.25) is 0 Å². The maximum absolute atomic E-state index is 12.4. The van der Waals surface area contributed by atoms with Gasteiger partial charge in [0.1, 0.15) is 0 Å². The van der Waals surface area contributed by atoms with Crippen LogP contribution in [0.3, 0.4) is 0 Å². The van der Waals surface area contributed by atoms with Crippen molar-refractivity contribution in [1.82, 2.24) is 0 Å². The first-order valence-electron chi connectivity index (χ1n) is 8.87. The Morgan fingerprint density at radius 1 is 0.963 bits per heavy atom. The van der Waals surface area contributed by atoms with Crippen molar-refractivity contribution in [2.75, 3.05) is 19.5 Å². The van der Waals surface area contributed by atoms with E-state index in [1.165, 1.54) is 25.3 Å². The summed E-state index contributed by atoms with van der Waals surface area (Å²) in [6, 6.07) is 10.6. The van der Waals surface area contributed by atoms with Gasteiger partial charge in [-0.25, -0.2) is 4.79 Å². The highest BCUT2D eigenvalue weighted by molar-refractivity contribution is 5.97. The summed E-state index contributed by atoms with van der Waals surface area (Å²) in [4.78, 5) is 24.7. The maximum Gasteiger partial charge on any atom is 0.338 e. The molecule has 0 bridgehead atoms. The predicted octanol–water partition coefficient (Wildman–Crippen LogP) is 3.38. The zero-order valence-corrected chi connectivity index (χ0v) is 15.7. The zero-order valence-electron chi connectivity index (χ0n) is 15.7. The van der Waals surface area contributed by atoms with Gasteiger partial charge in [0.15, 0.2) is 17.6 Å². The summed E-state index contributed by atoms with van der Waals surface area (Å²) in [6.07, 6.45) is 2.21. The van der Waals surface area contributed by atoms with Crippen molar-refractivity contribution in [3.05, 3.63) is 53.1 Å². The molecule has 6 nitrogen and oxygen atoms in total. The van der Waals surface area contributed by atoms with Gasteiger partial charge in [-0.1, -0.05) is 6.07 Å². The molecule has 0 fully saturated rings. The van der Waals surface area contributed by atoms with Crippen molar-refractivity contribution in [2.24, 2.45) is 0 Å². The fourth-order valence-electron chi connectivity index (χ4n) is 3.14. The second-order valence-corrected chi connectivity index (χ2v) is 6.44. The van der Waals surface area contributed by atoms with E-state index in [4.69, 9.17) is 14.2 Å². The number of hydrogen-bond donors (Lipinski definition) is 1. The molecule has 3 rings (SSSR count). The number of fused-ring (bicyclic) bond motifs is 1. The van der Waals surface area contributed by atoms with Crippen molar-refractivity contribution in [1.29, 1.82) is 0 Å². The normalized spacial score (nSPS) is 13.4. The lowest BCUT2D eigenvalue weighted by atomic mass is 10.1. The first-order chi connectivity index (χ1) is 13.0. The number of benzene rings is 2. The van der Waals surface area contributed by atoms with Gasteiger partial charge in [-0.3, -0.25) is 4.79 Å². The van der Waals surface area contributed by atoms with Gasteiger partial charge in [0.25, 0.3) is 5.91 Å². The van der Waals surface area contributed by atoms with Crippen LogP contribution in [-0.2, 0) is 22.4 Å². The molecule has 0 radical (unpaired) electrons. The zero-order chi connectivity index (χ0) is 19.4. The van der Waals surface area contributed by atoms with Crippen LogP contribution in [0.4, 0.5) is 5.69 Å². The quantitative estimate of drug-likeness (QED) is 0.790. The Balaban J connectivity index is 1.63. The Morgan fingerprint density at radius 3 is 2.44 bits per heavy atom.